The minimum atomic E-state index is -0.0198. The van der Waals surface area contributed by atoms with Crippen molar-refractivity contribution in [1.29, 1.82) is 0 Å². The van der Waals surface area contributed by atoms with Gasteiger partial charge < -0.3 is 9.80 Å². The lowest BCUT2D eigenvalue weighted by Gasteiger charge is -2.37. The molecule has 0 fully saturated rings. The molecule has 10 aromatic carbocycles. The SMILES string of the molecule is CCc1cc(N(c2ccc(C)cc2C)c2cccc3c2sc2ccccc23)c2cc3c4c(cc(N(c5ccc(C)cc5C)c5cccc6c5sc5ccccc56)c5ccc1c2c54)CCC3(C)C. The molecule has 67 heavy (non-hydrogen) atoms. The van der Waals surface area contributed by atoms with Crippen LogP contribution >= 0.6 is 22.7 Å². The summed E-state index contributed by atoms with van der Waals surface area (Å²) in [7, 11) is 0. The van der Waals surface area contributed by atoms with Crippen LogP contribution in [0.15, 0.2) is 152 Å². The number of nitrogens with zero attached hydrogens (tertiary/aromatic N) is 2. The van der Waals surface area contributed by atoms with E-state index in [4.69, 9.17) is 0 Å². The average Bonchev–Trinajstić information content (AvgIpc) is 3.91. The molecule has 2 heterocycles. The first-order chi connectivity index (χ1) is 32.6. The molecular weight excluding hydrogens is 849 g/mol. The van der Waals surface area contributed by atoms with Gasteiger partial charge in [0.2, 0.25) is 0 Å². The summed E-state index contributed by atoms with van der Waals surface area (Å²) >= 11 is 3.83. The zero-order valence-electron chi connectivity index (χ0n) is 39.3. The van der Waals surface area contributed by atoms with Gasteiger partial charge in [0, 0.05) is 58.5 Å². The first-order valence-electron chi connectivity index (χ1n) is 23.9. The van der Waals surface area contributed by atoms with Gasteiger partial charge in [-0.05, 0) is 151 Å². The second kappa shape index (κ2) is 14.9. The number of aryl methyl sites for hydroxylation is 6. The number of benzene rings is 10. The molecule has 0 saturated carbocycles. The maximum atomic E-state index is 2.63. The van der Waals surface area contributed by atoms with E-state index in [0.29, 0.717) is 0 Å². The van der Waals surface area contributed by atoms with Crippen LogP contribution in [0.3, 0.4) is 0 Å². The van der Waals surface area contributed by atoms with Crippen molar-refractivity contribution in [2.45, 2.75) is 73.1 Å². The Labute approximate surface area is 400 Å². The molecule has 2 nitrogen and oxygen atoms in total. The molecular formula is C63H52N2S2. The van der Waals surface area contributed by atoms with Crippen molar-refractivity contribution in [1.82, 2.24) is 0 Å². The third kappa shape index (κ3) is 5.98. The smallest absolute Gasteiger partial charge is 0.0640 e. The van der Waals surface area contributed by atoms with Crippen molar-refractivity contribution >= 4 is 129 Å². The number of hydrogen-bond donors (Lipinski definition) is 0. The van der Waals surface area contributed by atoms with E-state index in [9.17, 15) is 0 Å². The molecule has 12 aromatic rings. The van der Waals surface area contributed by atoms with Gasteiger partial charge in [-0.15, -0.1) is 22.7 Å². The predicted molar refractivity (Wildman–Crippen MR) is 295 cm³/mol. The van der Waals surface area contributed by atoms with Crippen molar-refractivity contribution in [2.24, 2.45) is 0 Å². The summed E-state index contributed by atoms with van der Waals surface area (Å²) in [4.78, 5) is 5.26. The van der Waals surface area contributed by atoms with Gasteiger partial charge in [-0.25, -0.2) is 0 Å². The summed E-state index contributed by atoms with van der Waals surface area (Å²) in [6, 6.07) is 58.4. The first-order valence-corrected chi connectivity index (χ1v) is 25.6. The van der Waals surface area contributed by atoms with Gasteiger partial charge in [0.05, 0.1) is 32.1 Å². The number of rotatable bonds is 7. The lowest BCUT2D eigenvalue weighted by Crippen LogP contribution is -2.24. The molecule has 0 radical (unpaired) electrons. The second-order valence-electron chi connectivity index (χ2n) is 19.9. The van der Waals surface area contributed by atoms with Crippen molar-refractivity contribution < 1.29 is 0 Å². The van der Waals surface area contributed by atoms with Gasteiger partial charge in [-0.3, -0.25) is 0 Å². The summed E-state index contributed by atoms with van der Waals surface area (Å²) < 4.78 is 5.28. The fraction of sp³-hybridized carbons (Fsp3) is 0.175. The first kappa shape index (κ1) is 40.5. The second-order valence-corrected chi connectivity index (χ2v) is 22.0. The Hall–Kier alpha value is -6.72. The molecule has 0 amide bonds. The molecule has 0 N–H and O–H groups in total. The fourth-order valence-corrected chi connectivity index (χ4v) is 14.3. The van der Waals surface area contributed by atoms with Gasteiger partial charge in [-0.2, -0.15) is 0 Å². The van der Waals surface area contributed by atoms with E-state index in [2.05, 4.69) is 210 Å². The number of anilines is 6. The summed E-state index contributed by atoms with van der Waals surface area (Å²) in [5.41, 5.74) is 16.8. The molecule has 4 heteroatoms. The Morgan fingerprint density at radius 2 is 0.985 bits per heavy atom. The maximum absolute atomic E-state index is 2.63. The largest absolute Gasteiger partial charge is 0.308 e. The van der Waals surface area contributed by atoms with E-state index in [1.165, 1.54) is 146 Å². The topological polar surface area (TPSA) is 6.48 Å². The highest BCUT2D eigenvalue weighted by Crippen LogP contribution is 2.56. The highest BCUT2D eigenvalue weighted by molar-refractivity contribution is 7.26. The predicted octanol–water partition coefficient (Wildman–Crippen LogP) is 19.3. The van der Waals surface area contributed by atoms with E-state index in [1.54, 1.807) is 0 Å². The third-order valence-corrected chi connectivity index (χ3v) is 17.6. The van der Waals surface area contributed by atoms with Crippen molar-refractivity contribution in [2.75, 3.05) is 9.80 Å². The van der Waals surface area contributed by atoms with Crippen molar-refractivity contribution in [3.05, 3.63) is 191 Å². The molecule has 1 aliphatic rings. The summed E-state index contributed by atoms with van der Waals surface area (Å²) in [5, 5.41) is 13.5. The summed E-state index contributed by atoms with van der Waals surface area (Å²) in [6.45, 7) is 16.3. The van der Waals surface area contributed by atoms with E-state index in [1.807, 2.05) is 22.7 Å². The van der Waals surface area contributed by atoms with Crippen LogP contribution in [0.25, 0.3) is 72.7 Å². The quantitative estimate of drug-likeness (QED) is 0.147. The van der Waals surface area contributed by atoms with E-state index < -0.39 is 0 Å². The molecule has 2 aromatic heterocycles. The standard InChI is InChI=1S/C63H52N2S2/c1-8-40-33-55(65(51-28-24-37(3)32-39(51)5)53-20-14-18-46-44-16-10-12-22-57(44)67-62(46)53)48-35-49-58-41(29-30-63(49,6)7)34-54(47-26-25-42(40)59(48)60(47)58)64(50-27-23-36(2)31-38(50)4)52-19-13-17-45-43-15-9-11-21-56(43)66-61(45)52/h9-28,31-35H,8,29-30H2,1-7H3. The number of fused-ring (bicyclic) bond motifs is 6. The molecule has 0 saturated heterocycles. The Bertz CT molecular complexity index is 4010. The molecule has 1 aliphatic carbocycles. The van der Waals surface area contributed by atoms with Crippen LogP contribution in [-0.4, -0.2) is 0 Å². The fourth-order valence-electron chi connectivity index (χ4n) is 11.9. The lowest BCUT2D eigenvalue weighted by atomic mass is 9.70. The summed E-state index contributed by atoms with van der Waals surface area (Å²) in [5.74, 6) is 0. The molecule has 0 unspecified atom stereocenters. The van der Waals surface area contributed by atoms with Crippen LogP contribution in [0.5, 0.6) is 0 Å². The number of thiophene rings is 2. The average molecular weight is 901 g/mol. The molecule has 0 spiro atoms. The molecule has 326 valence electrons. The Morgan fingerprint density at radius 3 is 1.55 bits per heavy atom. The van der Waals surface area contributed by atoms with Crippen LogP contribution in [0.2, 0.25) is 0 Å². The Kier molecular flexibility index (Phi) is 9.01. The zero-order valence-corrected chi connectivity index (χ0v) is 40.9. The molecule has 0 atom stereocenters. The van der Waals surface area contributed by atoms with E-state index >= 15 is 0 Å². The highest BCUT2D eigenvalue weighted by Gasteiger charge is 2.34. The van der Waals surface area contributed by atoms with Gasteiger partial charge in [0.25, 0.3) is 0 Å². The van der Waals surface area contributed by atoms with E-state index in [0.717, 1.165) is 19.3 Å². The zero-order chi connectivity index (χ0) is 45.5. The van der Waals surface area contributed by atoms with Gasteiger partial charge >= 0.3 is 0 Å². The van der Waals surface area contributed by atoms with Crippen molar-refractivity contribution in [3.63, 3.8) is 0 Å². The van der Waals surface area contributed by atoms with Crippen LogP contribution < -0.4 is 9.80 Å². The van der Waals surface area contributed by atoms with E-state index in [-0.39, 0.29) is 5.41 Å². The minimum Gasteiger partial charge on any atom is -0.308 e. The molecule has 13 rings (SSSR count). The Balaban J connectivity index is 1.18. The van der Waals surface area contributed by atoms with Crippen LogP contribution in [0, 0.1) is 27.7 Å². The van der Waals surface area contributed by atoms with Crippen LogP contribution in [0.1, 0.15) is 66.1 Å². The molecule has 0 aliphatic heterocycles. The lowest BCUT2D eigenvalue weighted by molar-refractivity contribution is 0.475. The van der Waals surface area contributed by atoms with Gasteiger partial charge in [-0.1, -0.05) is 129 Å². The Morgan fingerprint density at radius 1 is 0.448 bits per heavy atom. The highest BCUT2D eigenvalue weighted by atomic mass is 32.1. The molecule has 0 bridgehead atoms. The minimum absolute atomic E-state index is 0.0198. The van der Waals surface area contributed by atoms with Crippen LogP contribution in [-0.2, 0) is 18.3 Å². The summed E-state index contributed by atoms with van der Waals surface area (Å²) in [6.07, 6.45) is 3.04. The van der Waals surface area contributed by atoms with Gasteiger partial charge in [0.1, 0.15) is 0 Å². The number of hydrogen-bond acceptors (Lipinski definition) is 4. The monoisotopic (exact) mass is 900 g/mol. The van der Waals surface area contributed by atoms with Crippen molar-refractivity contribution in [3.8, 4) is 0 Å². The van der Waals surface area contributed by atoms with Gasteiger partial charge in [0.15, 0.2) is 0 Å². The van der Waals surface area contributed by atoms with Crippen LogP contribution in [0.4, 0.5) is 34.1 Å². The third-order valence-electron chi connectivity index (χ3n) is 15.2. The maximum Gasteiger partial charge on any atom is 0.0640 e. The normalized spacial score (nSPS) is 13.7.